The minimum Gasteiger partial charge on any atom is -0.465 e. The summed E-state index contributed by atoms with van der Waals surface area (Å²) in [6, 6.07) is 7.60. The lowest BCUT2D eigenvalue weighted by molar-refractivity contribution is 0.0599. The Bertz CT molecular complexity index is 454. The minimum absolute atomic E-state index is 0.266. The van der Waals surface area contributed by atoms with E-state index in [-0.39, 0.29) is 5.97 Å². The predicted molar refractivity (Wildman–Crippen MR) is 76.0 cm³/mol. The lowest BCUT2D eigenvalue weighted by atomic mass is 9.94. The van der Waals surface area contributed by atoms with Crippen molar-refractivity contribution in [2.45, 2.75) is 25.8 Å². The topological polar surface area (TPSA) is 38.3 Å². The summed E-state index contributed by atoms with van der Waals surface area (Å²) in [6.45, 7) is 1.71. The van der Waals surface area contributed by atoms with Gasteiger partial charge < -0.3 is 10.1 Å². The van der Waals surface area contributed by atoms with Gasteiger partial charge in [0, 0.05) is 6.54 Å². The zero-order valence-corrected chi connectivity index (χ0v) is 11.4. The Morgan fingerprint density at radius 2 is 2.21 bits per heavy atom. The van der Waals surface area contributed by atoms with Gasteiger partial charge in [-0.3, -0.25) is 0 Å². The summed E-state index contributed by atoms with van der Waals surface area (Å²) < 4.78 is 4.80. The molecular formula is C16H21NO2. The smallest absolute Gasteiger partial charge is 0.338 e. The molecule has 0 saturated heterocycles. The first kappa shape index (κ1) is 13.8. The van der Waals surface area contributed by atoms with Gasteiger partial charge in [0.05, 0.1) is 12.7 Å². The van der Waals surface area contributed by atoms with E-state index in [9.17, 15) is 4.79 Å². The molecule has 0 bridgehead atoms. The summed E-state index contributed by atoms with van der Waals surface area (Å²) in [5, 5.41) is 3.45. The summed E-state index contributed by atoms with van der Waals surface area (Å²) in [5.41, 5.74) is 1.65. The quantitative estimate of drug-likeness (QED) is 0.652. The number of carbonyl (C=O) groups is 1. The summed E-state index contributed by atoms with van der Waals surface area (Å²) in [6.07, 6.45) is 8.11. The number of methoxy groups -OCH3 is 1. The molecule has 102 valence electrons. The van der Waals surface area contributed by atoms with Gasteiger partial charge in [0.15, 0.2) is 0 Å². The highest BCUT2D eigenvalue weighted by atomic mass is 16.5. The van der Waals surface area contributed by atoms with E-state index in [0.29, 0.717) is 12.1 Å². The van der Waals surface area contributed by atoms with Crippen LogP contribution >= 0.6 is 0 Å². The number of hydrogen-bond acceptors (Lipinski definition) is 3. The number of nitrogens with one attached hydrogen (secondary N) is 1. The molecule has 1 aromatic rings. The van der Waals surface area contributed by atoms with Crippen molar-refractivity contribution in [2.75, 3.05) is 13.7 Å². The van der Waals surface area contributed by atoms with Crippen LogP contribution in [0.1, 0.15) is 35.2 Å². The molecule has 0 radical (unpaired) electrons. The standard InChI is InChI=1S/C16H21NO2/c1-19-16(18)15-10-6-5-9-14(15)12-17-11-13-7-3-2-4-8-13/h2-3,5-6,9-10,13,17H,4,7-8,11-12H2,1H3. The van der Waals surface area contributed by atoms with E-state index < -0.39 is 0 Å². The molecule has 19 heavy (non-hydrogen) atoms. The second-order valence-electron chi connectivity index (χ2n) is 4.93. The lowest BCUT2D eigenvalue weighted by Gasteiger charge is -2.18. The first-order chi connectivity index (χ1) is 9.31. The van der Waals surface area contributed by atoms with Crippen LogP contribution in [0, 0.1) is 5.92 Å². The Balaban J connectivity index is 1.88. The second-order valence-corrected chi connectivity index (χ2v) is 4.93. The maximum atomic E-state index is 11.6. The van der Waals surface area contributed by atoms with Gasteiger partial charge in [-0.05, 0) is 43.4 Å². The zero-order chi connectivity index (χ0) is 13.5. The fourth-order valence-electron chi connectivity index (χ4n) is 2.44. The molecule has 3 nitrogen and oxygen atoms in total. The number of allylic oxidation sites excluding steroid dienone is 2. The highest BCUT2D eigenvalue weighted by Crippen LogP contribution is 2.17. The van der Waals surface area contributed by atoms with E-state index in [4.69, 9.17) is 4.74 Å². The van der Waals surface area contributed by atoms with Gasteiger partial charge in [0.2, 0.25) is 0 Å². The van der Waals surface area contributed by atoms with E-state index in [1.54, 1.807) is 0 Å². The predicted octanol–water partition coefficient (Wildman–Crippen LogP) is 2.92. The average molecular weight is 259 g/mol. The Labute approximate surface area is 114 Å². The molecule has 2 rings (SSSR count). The van der Waals surface area contributed by atoms with Crippen LogP contribution in [-0.2, 0) is 11.3 Å². The second kappa shape index (κ2) is 7.10. The van der Waals surface area contributed by atoms with Crippen LogP contribution < -0.4 is 5.32 Å². The molecule has 1 atom stereocenters. The highest BCUT2D eigenvalue weighted by molar-refractivity contribution is 5.90. The van der Waals surface area contributed by atoms with Crippen LogP contribution in [0.3, 0.4) is 0 Å². The number of ether oxygens (including phenoxy) is 1. The number of benzene rings is 1. The third-order valence-electron chi connectivity index (χ3n) is 3.55. The number of hydrogen-bond donors (Lipinski definition) is 1. The van der Waals surface area contributed by atoms with Gasteiger partial charge in [0.1, 0.15) is 0 Å². The normalized spacial score (nSPS) is 18.3. The maximum absolute atomic E-state index is 11.6. The lowest BCUT2D eigenvalue weighted by Crippen LogP contribution is -2.24. The number of esters is 1. The maximum Gasteiger partial charge on any atom is 0.338 e. The summed E-state index contributed by atoms with van der Waals surface area (Å²) in [7, 11) is 1.42. The van der Waals surface area contributed by atoms with Gasteiger partial charge in [-0.25, -0.2) is 4.79 Å². The molecule has 1 aliphatic carbocycles. The molecule has 1 aromatic carbocycles. The summed E-state index contributed by atoms with van der Waals surface area (Å²) in [5.74, 6) is 0.452. The Hall–Kier alpha value is -1.61. The molecular weight excluding hydrogens is 238 g/mol. The Kier molecular flexibility index (Phi) is 5.16. The molecule has 1 aliphatic rings. The summed E-state index contributed by atoms with van der Waals surface area (Å²) >= 11 is 0. The molecule has 1 unspecified atom stereocenters. The van der Waals surface area contributed by atoms with E-state index in [0.717, 1.165) is 24.4 Å². The highest BCUT2D eigenvalue weighted by Gasteiger charge is 2.12. The largest absolute Gasteiger partial charge is 0.465 e. The van der Waals surface area contributed by atoms with Gasteiger partial charge in [0.25, 0.3) is 0 Å². The molecule has 1 N–H and O–H groups in total. The fourth-order valence-corrected chi connectivity index (χ4v) is 2.44. The van der Waals surface area contributed by atoms with Crippen LogP contribution in [0.4, 0.5) is 0 Å². The molecule has 0 amide bonds. The van der Waals surface area contributed by atoms with Crippen molar-refractivity contribution in [2.24, 2.45) is 5.92 Å². The third kappa shape index (κ3) is 3.93. The van der Waals surface area contributed by atoms with Gasteiger partial charge in [-0.1, -0.05) is 30.4 Å². The Morgan fingerprint density at radius 3 is 2.95 bits per heavy atom. The van der Waals surface area contributed by atoms with E-state index in [1.807, 2.05) is 24.3 Å². The third-order valence-corrected chi connectivity index (χ3v) is 3.55. The summed E-state index contributed by atoms with van der Waals surface area (Å²) in [4.78, 5) is 11.6. The van der Waals surface area contributed by atoms with Crippen molar-refractivity contribution in [3.63, 3.8) is 0 Å². The van der Waals surface area contributed by atoms with Crippen LogP contribution in [0.5, 0.6) is 0 Å². The van der Waals surface area contributed by atoms with Crippen LogP contribution in [0.25, 0.3) is 0 Å². The SMILES string of the molecule is COC(=O)c1ccccc1CNCC1CC=CCC1. The van der Waals surface area contributed by atoms with Crippen molar-refractivity contribution >= 4 is 5.97 Å². The molecule has 0 heterocycles. The molecule has 0 aliphatic heterocycles. The van der Waals surface area contributed by atoms with Crippen molar-refractivity contribution in [3.05, 3.63) is 47.5 Å². The molecule has 0 saturated carbocycles. The molecule has 0 aromatic heterocycles. The van der Waals surface area contributed by atoms with Gasteiger partial charge in [-0.2, -0.15) is 0 Å². The van der Waals surface area contributed by atoms with E-state index >= 15 is 0 Å². The van der Waals surface area contributed by atoms with Crippen molar-refractivity contribution < 1.29 is 9.53 Å². The minimum atomic E-state index is -0.266. The first-order valence-electron chi connectivity index (χ1n) is 6.83. The monoisotopic (exact) mass is 259 g/mol. The first-order valence-corrected chi connectivity index (χ1v) is 6.83. The molecule has 0 fully saturated rings. The molecule has 0 spiro atoms. The van der Waals surface area contributed by atoms with Crippen molar-refractivity contribution in [1.82, 2.24) is 5.32 Å². The van der Waals surface area contributed by atoms with Crippen LogP contribution in [0.15, 0.2) is 36.4 Å². The number of rotatable bonds is 5. The van der Waals surface area contributed by atoms with Crippen molar-refractivity contribution in [3.8, 4) is 0 Å². The van der Waals surface area contributed by atoms with Crippen LogP contribution in [0.2, 0.25) is 0 Å². The van der Waals surface area contributed by atoms with E-state index in [1.165, 1.54) is 20.0 Å². The zero-order valence-electron chi connectivity index (χ0n) is 11.4. The molecule has 3 heteroatoms. The van der Waals surface area contributed by atoms with Gasteiger partial charge >= 0.3 is 5.97 Å². The number of carbonyl (C=O) groups excluding carboxylic acids is 1. The fraction of sp³-hybridized carbons (Fsp3) is 0.438. The average Bonchev–Trinajstić information content (AvgIpc) is 2.48. The van der Waals surface area contributed by atoms with E-state index in [2.05, 4.69) is 17.5 Å². The van der Waals surface area contributed by atoms with Crippen LogP contribution in [-0.4, -0.2) is 19.6 Å². The van der Waals surface area contributed by atoms with Crippen molar-refractivity contribution in [1.29, 1.82) is 0 Å². The van der Waals surface area contributed by atoms with Gasteiger partial charge in [-0.15, -0.1) is 0 Å². The Morgan fingerprint density at radius 1 is 1.37 bits per heavy atom.